The van der Waals surface area contributed by atoms with E-state index in [-0.39, 0.29) is 41.4 Å². The highest BCUT2D eigenvalue weighted by Crippen LogP contribution is 2.65. The van der Waals surface area contributed by atoms with Crippen LogP contribution in [0.15, 0.2) is 18.2 Å². The fourth-order valence-electron chi connectivity index (χ4n) is 7.18. The van der Waals surface area contributed by atoms with Crippen LogP contribution in [0.4, 0.5) is 0 Å². The number of nitrogens with one attached hydrogen (secondary N) is 1. The summed E-state index contributed by atoms with van der Waals surface area (Å²) < 4.78 is 25.9. The first kappa shape index (κ1) is 31.4. The smallest absolute Gasteiger partial charge is 0.482 e. The third-order valence-corrected chi connectivity index (χ3v) is 9.51. The molecule has 4 fully saturated rings. The summed E-state index contributed by atoms with van der Waals surface area (Å²) in [6.07, 6.45) is 2.11. The molecule has 1 saturated heterocycles. The molecular weight excluding hydrogens is 555 g/mol. The zero-order chi connectivity index (χ0) is 31.3. The van der Waals surface area contributed by atoms with E-state index in [0.717, 1.165) is 12.8 Å². The Hall–Kier alpha value is -3.00. The van der Waals surface area contributed by atoms with Gasteiger partial charge < -0.3 is 34.3 Å². The van der Waals surface area contributed by atoms with Gasteiger partial charge in [-0.25, -0.2) is 9.48 Å². The third kappa shape index (κ3) is 5.79. The summed E-state index contributed by atoms with van der Waals surface area (Å²) in [7, 11) is 0.734. The number of benzene rings is 1. The summed E-state index contributed by atoms with van der Waals surface area (Å²) in [6, 6.07) is 5.24. The topological polar surface area (TPSA) is 154 Å². The van der Waals surface area contributed by atoms with Crippen LogP contribution in [0.5, 0.6) is 5.75 Å². The number of amides is 1. The molecule has 1 aliphatic heterocycles. The minimum absolute atomic E-state index is 0.105. The molecule has 2 bridgehead atoms. The first-order chi connectivity index (χ1) is 20.2. The Morgan fingerprint density at radius 1 is 1.21 bits per heavy atom. The molecule has 6 rings (SSSR count). The number of carbonyl (C=O) groups excluding carboxylic acids is 2. The highest BCUT2D eigenvalue weighted by atomic mass is 16.7. The summed E-state index contributed by atoms with van der Waals surface area (Å²) in [5.74, 6) is -0.337. The van der Waals surface area contributed by atoms with Gasteiger partial charge >= 0.3 is 13.1 Å². The maximum absolute atomic E-state index is 13.4. The summed E-state index contributed by atoms with van der Waals surface area (Å²) in [5, 5.41) is 30.1. The number of aliphatic hydroxyl groups excluding tert-OH is 2. The van der Waals surface area contributed by atoms with E-state index < -0.39 is 49.4 Å². The van der Waals surface area contributed by atoms with Gasteiger partial charge in [-0.05, 0) is 75.8 Å². The lowest BCUT2D eigenvalue weighted by Crippen LogP contribution is -2.65. The summed E-state index contributed by atoms with van der Waals surface area (Å²) in [4.78, 5) is 26.5. The van der Waals surface area contributed by atoms with Gasteiger partial charge in [-0.2, -0.15) is 0 Å². The lowest BCUT2D eigenvalue weighted by molar-refractivity contribution is -0.199. The van der Waals surface area contributed by atoms with E-state index in [0.29, 0.717) is 23.1 Å². The van der Waals surface area contributed by atoms with Crippen molar-refractivity contribution in [2.45, 2.75) is 104 Å². The number of methoxy groups -OCH3 is 1. The standard InChI is InChI=1S/C30H43BN4O8/c1-28(2,3)41-27(39)19-10-8-9-17(26(19)40-7)11-24(32-25(38)14-35-21(16-37)20(15-36)33-34-35)31-42-23-13-18-12-22(29(18,4)5)30(23,6)43-31/h8-10,18,22-24,36-37H,11-16H2,1-7H3,(H,32,38)/t18-,22-,23+,24?,30-/m0/s1. The Morgan fingerprint density at radius 2 is 1.95 bits per heavy atom. The van der Waals surface area contributed by atoms with Crippen molar-refractivity contribution in [2.75, 3.05) is 7.11 Å². The number of carbonyl (C=O) groups is 2. The summed E-state index contributed by atoms with van der Waals surface area (Å²) in [5.41, 5.74) is 0.374. The zero-order valence-corrected chi connectivity index (χ0v) is 26.0. The molecule has 234 valence electrons. The number of rotatable bonds is 10. The molecule has 4 aliphatic rings. The number of hydrogen-bond acceptors (Lipinski definition) is 10. The SMILES string of the molecule is COc1c(CC(NC(=O)Cn2nnc(CO)c2CO)B2O[C@@H]3C[C@@H]4C[C@@H](C4(C)C)[C@]3(C)O2)cccc1C(=O)OC(C)(C)C. The molecule has 12 nitrogen and oxygen atoms in total. The molecule has 3 N–H and O–H groups in total. The Labute approximate surface area is 252 Å². The van der Waals surface area contributed by atoms with Gasteiger partial charge in [0.1, 0.15) is 29.2 Å². The van der Waals surface area contributed by atoms with E-state index in [9.17, 15) is 19.8 Å². The van der Waals surface area contributed by atoms with E-state index >= 15 is 0 Å². The van der Waals surface area contributed by atoms with Gasteiger partial charge in [0.25, 0.3) is 0 Å². The Kier molecular flexibility index (Phi) is 8.40. The average molecular weight is 599 g/mol. The Bertz CT molecular complexity index is 1370. The molecule has 5 atom stereocenters. The summed E-state index contributed by atoms with van der Waals surface area (Å²) in [6.45, 7) is 11.0. The highest BCUT2D eigenvalue weighted by molar-refractivity contribution is 6.48. The minimum atomic E-state index is -0.759. The summed E-state index contributed by atoms with van der Waals surface area (Å²) >= 11 is 0. The first-order valence-electron chi connectivity index (χ1n) is 14.9. The van der Waals surface area contributed by atoms with E-state index in [1.165, 1.54) is 11.8 Å². The minimum Gasteiger partial charge on any atom is -0.496 e. The highest BCUT2D eigenvalue weighted by Gasteiger charge is 2.68. The molecule has 1 amide bonds. The van der Waals surface area contributed by atoms with Gasteiger partial charge in [0.15, 0.2) is 0 Å². The van der Waals surface area contributed by atoms with Crippen LogP contribution in [0.2, 0.25) is 0 Å². The predicted octanol–water partition coefficient (Wildman–Crippen LogP) is 2.22. The average Bonchev–Trinajstić information content (AvgIpc) is 3.50. The van der Waals surface area contributed by atoms with E-state index in [1.54, 1.807) is 32.9 Å². The molecule has 13 heteroatoms. The second-order valence-electron chi connectivity index (χ2n) is 13.7. The number of aromatic nitrogens is 3. The maximum atomic E-state index is 13.4. The Morgan fingerprint density at radius 3 is 2.58 bits per heavy atom. The molecule has 3 saturated carbocycles. The molecule has 1 unspecified atom stereocenters. The molecule has 0 radical (unpaired) electrons. The third-order valence-electron chi connectivity index (χ3n) is 9.51. The zero-order valence-electron chi connectivity index (χ0n) is 26.0. The molecule has 1 aromatic heterocycles. The number of esters is 1. The normalized spacial score (nSPS) is 26.3. The fraction of sp³-hybridized carbons (Fsp3) is 0.667. The van der Waals surface area contributed by atoms with Crippen molar-refractivity contribution in [1.29, 1.82) is 0 Å². The van der Waals surface area contributed by atoms with Crippen LogP contribution in [0.25, 0.3) is 0 Å². The van der Waals surface area contributed by atoms with Crippen LogP contribution in [0.3, 0.4) is 0 Å². The van der Waals surface area contributed by atoms with Crippen molar-refractivity contribution in [3.8, 4) is 5.75 Å². The van der Waals surface area contributed by atoms with Crippen LogP contribution in [0, 0.1) is 17.3 Å². The number of nitrogens with zero attached hydrogens (tertiary/aromatic N) is 3. The van der Waals surface area contributed by atoms with Crippen molar-refractivity contribution in [2.24, 2.45) is 17.3 Å². The van der Waals surface area contributed by atoms with Crippen LogP contribution < -0.4 is 10.1 Å². The van der Waals surface area contributed by atoms with Crippen LogP contribution in [-0.2, 0) is 45.0 Å². The largest absolute Gasteiger partial charge is 0.496 e. The van der Waals surface area contributed by atoms with Gasteiger partial charge in [0, 0.05) is 0 Å². The molecule has 43 heavy (non-hydrogen) atoms. The molecule has 0 spiro atoms. The van der Waals surface area contributed by atoms with E-state index in [1.807, 2.05) is 6.07 Å². The number of aliphatic hydroxyl groups is 2. The van der Waals surface area contributed by atoms with Gasteiger partial charge in [-0.1, -0.05) is 31.2 Å². The second-order valence-corrected chi connectivity index (χ2v) is 13.7. The first-order valence-corrected chi connectivity index (χ1v) is 14.9. The van der Waals surface area contributed by atoms with Gasteiger partial charge in [0.05, 0.1) is 43.7 Å². The quantitative estimate of drug-likeness (QED) is 0.274. The van der Waals surface area contributed by atoms with Crippen molar-refractivity contribution >= 4 is 19.0 Å². The van der Waals surface area contributed by atoms with Crippen molar-refractivity contribution < 1.29 is 38.6 Å². The molecule has 2 heterocycles. The molecule has 1 aromatic carbocycles. The number of ether oxygens (including phenoxy) is 2. The fourth-order valence-corrected chi connectivity index (χ4v) is 7.18. The monoisotopic (exact) mass is 598 g/mol. The van der Waals surface area contributed by atoms with Crippen molar-refractivity contribution in [3.05, 3.63) is 40.7 Å². The van der Waals surface area contributed by atoms with Crippen LogP contribution in [0.1, 0.15) is 81.7 Å². The maximum Gasteiger partial charge on any atom is 0.482 e. The van der Waals surface area contributed by atoms with E-state index in [4.69, 9.17) is 18.8 Å². The lowest BCUT2D eigenvalue weighted by Gasteiger charge is -2.64. The molecule has 2 aromatic rings. The van der Waals surface area contributed by atoms with Crippen LogP contribution >= 0.6 is 0 Å². The van der Waals surface area contributed by atoms with Gasteiger partial charge in [-0.15, -0.1) is 5.10 Å². The van der Waals surface area contributed by atoms with Gasteiger partial charge in [-0.3, -0.25) is 4.79 Å². The molecular formula is C30H43BN4O8. The van der Waals surface area contributed by atoms with Crippen molar-refractivity contribution in [1.82, 2.24) is 20.3 Å². The number of para-hydroxylation sites is 1. The van der Waals surface area contributed by atoms with Crippen LogP contribution in [-0.4, -0.2) is 74.6 Å². The molecule has 3 aliphatic carbocycles. The lowest BCUT2D eigenvalue weighted by atomic mass is 9.43. The Balaban J connectivity index is 1.43. The van der Waals surface area contributed by atoms with Crippen molar-refractivity contribution in [3.63, 3.8) is 0 Å². The predicted molar refractivity (Wildman–Crippen MR) is 156 cm³/mol. The second kappa shape index (κ2) is 11.5. The van der Waals surface area contributed by atoms with Gasteiger partial charge in [0.2, 0.25) is 5.91 Å². The van der Waals surface area contributed by atoms with E-state index in [2.05, 4.69) is 36.4 Å². The number of hydrogen-bond donors (Lipinski definition) is 3.